The maximum absolute atomic E-state index is 12.6. The Bertz CT molecular complexity index is 818. The molecule has 0 amide bonds. The Morgan fingerprint density at radius 1 is 1.14 bits per heavy atom. The minimum absolute atomic E-state index is 0.222. The second-order valence-electron chi connectivity index (χ2n) is 5.70. The summed E-state index contributed by atoms with van der Waals surface area (Å²) in [6.45, 7) is 1.93. The zero-order chi connectivity index (χ0) is 15.1. The summed E-state index contributed by atoms with van der Waals surface area (Å²) in [6, 6.07) is 14.2. The Morgan fingerprint density at radius 3 is 2.68 bits per heavy atom. The van der Waals surface area contributed by atoms with Crippen LogP contribution < -0.4 is 0 Å². The number of rotatable bonds is 2. The van der Waals surface area contributed by atoms with E-state index in [4.69, 9.17) is 0 Å². The van der Waals surface area contributed by atoms with Crippen LogP contribution in [0.15, 0.2) is 47.8 Å². The maximum Gasteiger partial charge on any atom is 0.167 e. The van der Waals surface area contributed by atoms with E-state index in [0.29, 0.717) is 6.42 Å². The van der Waals surface area contributed by atoms with Crippen molar-refractivity contribution in [1.82, 2.24) is 9.78 Å². The van der Waals surface area contributed by atoms with Crippen molar-refractivity contribution in [3.63, 3.8) is 0 Å². The highest BCUT2D eigenvalue weighted by molar-refractivity contribution is 7.10. The molecule has 1 aliphatic carbocycles. The number of thiophene rings is 1. The molecule has 3 nitrogen and oxygen atoms in total. The average Bonchev–Trinajstić information content (AvgIpc) is 3.16. The van der Waals surface area contributed by atoms with Gasteiger partial charge in [-0.2, -0.15) is 5.10 Å². The number of para-hydroxylation sites is 1. The summed E-state index contributed by atoms with van der Waals surface area (Å²) in [4.78, 5) is 13.9. The minimum atomic E-state index is 0.222. The monoisotopic (exact) mass is 308 g/mol. The minimum Gasteiger partial charge on any atom is -0.294 e. The zero-order valence-electron chi connectivity index (χ0n) is 12.3. The van der Waals surface area contributed by atoms with Crippen molar-refractivity contribution in [2.24, 2.45) is 0 Å². The fourth-order valence-corrected chi connectivity index (χ4v) is 4.10. The van der Waals surface area contributed by atoms with Crippen molar-refractivity contribution in [2.75, 3.05) is 0 Å². The van der Waals surface area contributed by atoms with E-state index in [2.05, 4.69) is 22.6 Å². The van der Waals surface area contributed by atoms with Gasteiger partial charge in [0.15, 0.2) is 5.78 Å². The molecule has 3 aromatic rings. The van der Waals surface area contributed by atoms with Crippen LogP contribution in [0.2, 0.25) is 0 Å². The number of carbonyl (C=O) groups is 1. The Labute approximate surface area is 133 Å². The lowest BCUT2D eigenvalue weighted by Crippen LogP contribution is -2.20. The normalized spacial score (nSPS) is 17.5. The first kappa shape index (κ1) is 13.5. The molecule has 0 bridgehead atoms. The fraction of sp³-hybridized carbons (Fsp3) is 0.222. The number of aromatic nitrogens is 2. The average molecular weight is 308 g/mol. The van der Waals surface area contributed by atoms with Gasteiger partial charge >= 0.3 is 0 Å². The van der Waals surface area contributed by atoms with Gasteiger partial charge in [0, 0.05) is 17.2 Å². The van der Waals surface area contributed by atoms with Crippen molar-refractivity contribution in [1.29, 1.82) is 0 Å². The summed E-state index contributed by atoms with van der Waals surface area (Å²) >= 11 is 1.73. The number of nitrogens with zero attached hydrogens (tertiary/aromatic N) is 2. The van der Waals surface area contributed by atoms with Gasteiger partial charge in [-0.15, -0.1) is 11.3 Å². The van der Waals surface area contributed by atoms with Crippen LogP contribution in [0, 0.1) is 6.92 Å². The van der Waals surface area contributed by atoms with Gasteiger partial charge in [0.2, 0.25) is 0 Å². The molecule has 0 N–H and O–H groups in total. The molecule has 1 aromatic carbocycles. The number of carbonyl (C=O) groups excluding carboxylic acids is 1. The lowest BCUT2D eigenvalue weighted by atomic mass is 9.85. The fourth-order valence-electron chi connectivity index (χ4n) is 3.27. The third-order valence-corrected chi connectivity index (χ3v) is 5.29. The number of hydrogen-bond acceptors (Lipinski definition) is 3. The van der Waals surface area contributed by atoms with Crippen LogP contribution in [0.25, 0.3) is 5.69 Å². The molecule has 0 aliphatic heterocycles. The van der Waals surface area contributed by atoms with E-state index in [0.717, 1.165) is 29.1 Å². The SMILES string of the molecule is Cc1nn(-c2ccccc2)c2c1C(=O)C[C@H](c1cccs1)C2. The van der Waals surface area contributed by atoms with E-state index in [9.17, 15) is 4.79 Å². The highest BCUT2D eigenvalue weighted by Crippen LogP contribution is 2.36. The molecule has 22 heavy (non-hydrogen) atoms. The van der Waals surface area contributed by atoms with E-state index >= 15 is 0 Å². The topological polar surface area (TPSA) is 34.9 Å². The smallest absolute Gasteiger partial charge is 0.167 e. The van der Waals surface area contributed by atoms with Gasteiger partial charge in [0.1, 0.15) is 0 Å². The largest absolute Gasteiger partial charge is 0.294 e. The first-order valence-electron chi connectivity index (χ1n) is 7.44. The Hall–Kier alpha value is -2.20. The maximum atomic E-state index is 12.6. The summed E-state index contributed by atoms with van der Waals surface area (Å²) < 4.78 is 1.95. The van der Waals surface area contributed by atoms with Crippen LogP contribution in [-0.4, -0.2) is 15.6 Å². The van der Waals surface area contributed by atoms with Gasteiger partial charge in [-0.1, -0.05) is 24.3 Å². The molecule has 0 unspecified atom stereocenters. The molecule has 0 fully saturated rings. The predicted octanol–water partition coefficient (Wildman–Crippen LogP) is 4.15. The van der Waals surface area contributed by atoms with Crippen LogP contribution in [0.1, 0.15) is 39.0 Å². The van der Waals surface area contributed by atoms with Crippen LogP contribution >= 0.6 is 11.3 Å². The van der Waals surface area contributed by atoms with Crippen LogP contribution in [0.3, 0.4) is 0 Å². The molecule has 2 heterocycles. The molecular formula is C18H16N2OS. The van der Waals surface area contributed by atoms with Crippen molar-refractivity contribution in [3.8, 4) is 5.69 Å². The summed E-state index contributed by atoms with van der Waals surface area (Å²) in [7, 11) is 0. The van der Waals surface area contributed by atoms with Crippen LogP contribution in [-0.2, 0) is 6.42 Å². The first-order chi connectivity index (χ1) is 10.7. The highest BCUT2D eigenvalue weighted by atomic mass is 32.1. The lowest BCUT2D eigenvalue weighted by molar-refractivity contribution is 0.0963. The third-order valence-electron chi connectivity index (χ3n) is 4.25. The number of aryl methyl sites for hydroxylation is 1. The second kappa shape index (κ2) is 5.21. The number of fused-ring (bicyclic) bond motifs is 1. The molecule has 2 aromatic heterocycles. The molecule has 1 aliphatic rings. The van der Waals surface area contributed by atoms with Gasteiger partial charge in [0.25, 0.3) is 0 Å². The van der Waals surface area contributed by atoms with Gasteiger partial charge in [-0.25, -0.2) is 4.68 Å². The molecule has 4 rings (SSSR count). The van der Waals surface area contributed by atoms with E-state index in [1.54, 1.807) is 11.3 Å². The first-order valence-corrected chi connectivity index (χ1v) is 8.32. The quantitative estimate of drug-likeness (QED) is 0.712. The zero-order valence-corrected chi connectivity index (χ0v) is 13.1. The number of benzene rings is 1. The summed E-state index contributed by atoms with van der Waals surface area (Å²) in [5.41, 5.74) is 3.75. The van der Waals surface area contributed by atoms with Crippen molar-refractivity contribution >= 4 is 17.1 Å². The molecule has 4 heteroatoms. The molecule has 0 saturated heterocycles. The van der Waals surface area contributed by atoms with Gasteiger partial charge in [-0.3, -0.25) is 4.79 Å². The van der Waals surface area contributed by atoms with Gasteiger partial charge < -0.3 is 0 Å². The Balaban J connectivity index is 1.83. The van der Waals surface area contributed by atoms with Crippen molar-refractivity contribution in [3.05, 3.63) is 69.7 Å². The van der Waals surface area contributed by atoms with Gasteiger partial charge in [-0.05, 0) is 36.9 Å². The van der Waals surface area contributed by atoms with Gasteiger partial charge in [0.05, 0.1) is 22.6 Å². The third kappa shape index (κ3) is 2.11. The highest BCUT2D eigenvalue weighted by Gasteiger charge is 2.32. The molecule has 0 spiro atoms. The predicted molar refractivity (Wildman–Crippen MR) is 88.0 cm³/mol. The molecule has 110 valence electrons. The van der Waals surface area contributed by atoms with Crippen LogP contribution in [0.5, 0.6) is 0 Å². The molecule has 1 atom stereocenters. The molecule has 0 saturated carbocycles. The van der Waals surface area contributed by atoms with Crippen LogP contribution in [0.4, 0.5) is 0 Å². The number of ketones is 1. The van der Waals surface area contributed by atoms with E-state index < -0.39 is 0 Å². The summed E-state index contributed by atoms with van der Waals surface area (Å²) in [5, 5.41) is 6.71. The van der Waals surface area contributed by atoms with Crippen molar-refractivity contribution < 1.29 is 4.79 Å². The Morgan fingerprint density at radius 2 is 1.95 bits per heavy atom. The number of Topliss-reactive ketones (excluding diaryl/α,β-unsaturated/α-hetero) is 1. The van der Waals surface area contributed by atoms with E-state index in [-0.39, 0.29) is 11.7 Å². The van der Waals surface area contributed by atoms with E-state index in [1.807, 2.05) is 41.9 Å². The summed E-state index contributed by atoms with van der Waals surface area (Å²) in [6.07, 6.45) is 1.46. The van der Waals surface area contributed by atoms with E-state index in [1.165, 1.54) is 4.88 Å². The standard InChI is InChI=1S/C18H16N2OS/c1-12-18-15(20(19-12)14-6-3-2-4-7-14)10-13(11-16(18)21)17-8-5-9-22-17/h2-9,13H,10-11H2,1H3/t13-/m1/s1. The summed E-state index contributed by atoms with van der Waals surface area (Å²) in [5.74, 6) is 0.498. The lowest BCUT2D eigenvalue weighted by Gasteiger charge is -2.21. The molecule has 0 radical (unpaired) electrons. The molecular weight excluding hydrogens is 292 g/mol. The Kier molecular flexibility index (Phi) is 3.19. The second-order valence-corrected chi connectivity index (χ2v) is 6.68. The van der Waals surface area contributed by atoms with Crippen molar-refractivity contribution in [2.45, 2.75) is 25.7 Å². The number of hydrogen-bond donors (Lipinski definition) is 0.